The van der Waals surface area contributed by atoms with Crippen LogP contribution in [-0.2, 0) is 4.79 Å². The number of nitrogens with one attached hydrogen (secondary N) is 1. The van der Waals surface area contributed by atoms with Crippen LogP contribution in [0.15, 0.2) is 84.0 Å². The number of carbonyl (C=O) groups is 2. The molecule has 2 N–H and O–H groups in total. The molecular formula is C22H17ClN2O4. The second-order valence-corrected chi connectivity index (χ2v) is 6.45. The molecule has 7 heteroatoms. The lowest BCUT2D eigenvalue weighted by atomic mass is 10.1. The number of carbonyl (C=O) groups excluding carboxylic acids is 2. The van der Waals surface area contributed by atoms with Crippen LogP contribution in [0.3, 0.4) is 0 Å². The van der Waals surface area contributed by atoms with Crippen LogP contribution in [0.25, 0.3) is 0 Å². The maximum absolute atomic E-state index is 12.2. The monoisotopic (exact) mass is 408 g/mol. The number of rotatable bonds is 6. The number of amides is 1. The number of aliphatic hydroxyl groups excluding tert-OH is 1. The molecule has 3 rings (SSSR count). The van der Waals surface area contributed by atoms with E-state index in [0.29, 0.717) is 27.5 Å². The summed E-state index contributed by atoms with van der Waals surface area (Å²) in [5.74, 6) is -0.850. The Hall–Kier alpha value is -3.48. The summed E-state index contributed by atoms with van der Waals surface area (Å²) in [5.41, 5.74) is 3.72. The lowest BCUT2D eigenvalue weighted by Crippen LogP contribution is -2.25. The van der Waals surface area contributed by atoms with Gasteiger partial charge in [-0.25, -0.2) is 10.2 Å². The van der Waals surface area contributed by atoms with E-state index in [1.165, 1.54) is 6.21 Å². The van der Waals surface area contributed by atoms with Crippen molar-refractivity contribution in [2.24, 2.45) is 5.10 Å². The van der Waals surface area contributed by atoms with E-state index < -0.39 is 18.0 Å². The predicted molar refractivity (Wildman–Crippen MR) is 110 cm³/mol. The van der Waals surface area contributed by atoms with Gasteiger partial charge in [-0.05, 0) is 47.5 Å². The van der Waals surface area contributed by atoms with Gasteiger partial charge in [0.2, 0.25) is 0 Å². The molecule has 0 unspecified atom stereocenters. The summed E-state index contributed by atoms with van der Waals surface area (Å²) < 4.78 is 5.33. The van der Waals surface area contributed by atoms with Gasteiger partial charge in [0, 0.05) is 5.02 Å². The van der Waals surface area contributed by atoms with E-state index in [0.717, 1.165) is 0 Å². The van der Waals surface area contributed by atoms with Crippen LogP contribution < -0.4 is 10.2 Å². The van der Waals surface area contributed by atoms with Crippen LogP contribution in [0.4, 0.5) is 0 Å². The summed E-state index contributed by atoms with van der Waals surface area (Å²) in [5, 5.41) is 14.4. The second-order valence-electron chi connectivity index (χ2n) is 6.02. The Balaban J connectivity index is 1.60. The summed E-state index contributed by atoms with van der Waals surface area (Å²) >= 11 is 5.81. The van der Waals surface area contributed by atoms with Crippen LogP contribution in [0.1, 0.15) is 27.6 Å². The molecule has 0 radical (unpaired) electrons. The van der Waals surface area contributed by atoms with Gasteiger partial charge in [0.1, 0.15) is 5.75 Å². The largest absolute Gasteiger partial charge is 0.423 e. The summed E-state index contributed by atoms with van der Waals surface area (Å²) in [7, 11) is 0. The fourth-order valence-electron chi connectivity index (χ4n) is 2.43. The van der Waals surface area contributed by atoms with Gasteiger partial charge in [0.15, 0.2) is 6.10 Å². The standard InChI is InChI=1S/C22H17ClN2O4/c23-18-11-9-17(10-12-18)22(28)29-19-8-4-5-15(13-19)14-24-25-21(27)20(26)16-6-2-1-3-7-16/h1-14,20,26H,(H,25,27)/b24-14-/t20-/m0/s1. The Morgan fingerprint density at radius 3 is 2.45 bits per heavy atom. The summed E-state index contributed by atoms with van der Waals surface area (Å²) in [6.45, 7) is 0. The Kier molecular flexibility index (Phi) is 6.73. The van der Waals surface area contributed by atoms with E-state index in [-0.39, 0.29) is 0 Å². The average Bonchev–Trinajstić information content (AvgIpc) is 2.74. The van der Waals surface area contributed by atoms with Crippen LogP contribution >= 0.6 is 11.6 Å². The third-order valence-electron chi connectivity index (χ3n) is 3.90. The van der Waals surface area contributed by atoms with Gasteiger partial charge in [-0.1, -0.05) is 54.1 Å². The van der Waals surface area contributed by atoms with Crippen LogP contribution in [-0.4, -0.2) is 23.2 Å². The summed E-state index contributed by atoms with van der Waals surface area (Å²) in [4.78, 5) is 24.1. The number of hydrogen-bond donors (Lipinski definition) is 2. The first-order chi connectivity index (χ1) is 14.0. The molecule has 0 aliphatic rings. The molecule has 29 heavy (non-hydrogen) atoms. The van der Waals surface area contributed by atoms with Crippen molar-refractivity contribution >= 4 is 29.7 Å². The van der Waals surface area contributed by atoms with E-state index in [1.54, 1.807) is 78.9 Å². The number of aliphatic hydroxyl groups is 1. The van der Waals surface area contributed by atoms with E-state index in [2.05, 4.69) is 10.5 Å². The lowest BCUT2D eigenvalue weighted by Gasteiger charge is -2.08. The number of ether oxygens (including phenoxy) is 1. The topological polar surface area (TPSA) is 88.0 Å². The minimum Gasteiger partial charge on any atom is -0.423 e. The van der Waals surface area contributed by atoms with Crippen molar-refractivity contribution in [3.05, 3.63) is 101 Å². The van der Waals surface area contributed by atoms with Crippen LogP contribution in [0, 0.1) is 0 Å². The van der Waals surface area contributed by atoms with E-state index in [1.807, 2.05) is 0 Å². The smallest absolute Gasteiger partial charge is 0.343 e. The first-order valence-electron chi connectivity index (χ1n) is 8.66. The van der Waals surface area contributed by atoms with E-state index >= 15 is 0 Å². The Labute approximate surface area is 172 Å². The minimum absolute atomic E-state index is 0.324. The molecule has 0 bridgehead atoms. The SMILES string of the molecule is O=C(Oc1cccc(/C=N\NC(=O)[C@@H](O)c2ccccc2)c1)c1ccc(Cl)cc1. The number of esters is 1. The van der Waals surface area contributed by atoms with Gasteiger partial charge >= 0.3 is 5.97 Å². The highest BCUT2D eigenvalue weighted by molar-refractivity contribution is 6.30. The second kappa shape index (κ2) is 9.64. The molecule has 0 saturated heterocycles. The van der Waals surface area contributed by atoms with Crippen molar-refractivity contribution in [2.45, 2.75) is 6.10 Å². The van der Waals surface area contributed by atoms with Gasteiger partial charge < -0.3 is 9.84 Å². The molecule has 0 saturated carbocycles. The fourth-order valence-corrected chi connectivity index (χ4v) is 2.55. The van der Waals surface area contributed by atoms with Crippen molar-refractivity contribution in [3.8, 4) is 5.75 Å². The minimum atomic E-state index is -1.32. The molecule has 1 atom stereocenters. The third-order valence-corrected chi connectivity index (χ3v) is 4.15. The summed E-state index contributed by atoms with van der Waals surface area (Å²) in [6, 6.07) is 21.5. The lowest BCUT2D eigenvalue weighted by molar-refractivity contribution is -0.129. The number of nitrogens with zero attached hydrogens (tertiary/aromatic N) is 1. The highest BCUT2D eigenvalue weighted by atomic mass is 35.5. The summed E-state index contributed by atoms with van der Waals surface area (Å²) in [6.07, 6.45) is 0.0647. The zero-order valence-corrected chi connectivity index (χ0v) is 15.9. The first-order valence-corrected chi connectivity index (χ1v) is 9.04. The zero-order valence-electron chi connectivity index (χ0n) is 15.2. The number of hydrogen-bond acceptors (Lipinski definition) is 5. The first kappa shape index (κ1) is 20.3. The molecule has 0 aromatic heterocycles. The third kappa shape index (κ3) is 5.75. The van der Waals surface area contributed by atoms with Crippen molar-refractivity contribution in [1.29, 1.82) is 0 Å². The highest BCUT2D eigenvalue weighted by Crippen LogP contribution is 2.16. The fraction of sp³-hybridized carbons (Fsp3) is 0.0455. The zero-order chi connectivity index (χ0) is 20.6. The van der Waals surface area contributed by atoms with Gasteiger partial charge in [-0.2, -0.15) is 5.10 Å². The molecule has 146 valence electrons. The molecule has 0 aliphatic carbocycles. The van der Waals surface area contributed by atoms with Crippen molar-refractivity contribution in [1.82, 2.24) is 5.43 Å². The number of benzene rings is 3. The van der Waals surface area contributed by atoms with Gasteiger partial charge in [-0.15, -0.1) is 0 Å². The van der Waals surface area contributed by atoms with Gasteiger partial charge in [0.05, 0.1) is 11.8 Å². The molecule has 0 spiro atoms. The van der Waals surface area contributed by atoms with Gasteiger partial charge in [-0.3, -0.25) is 4.79 Å². The predicted octanol–water partition coefficient (Wildman–Crippen LogP) is 3.74. The van der Waals surface area contributed by atoms with Gasteiger partial charge in [0.25, 0.3) is 5.91 Å². The van der Waals surface area contributed by atoms with E-state index in [9.17, 15) is 14.7 Å². The molecule has 0 aliphatic heterocycles. The van der Waals surface area contributed by atoms with Crippen molar-refractivity contribution in [3.63, 3.8) is 0 Å². The van der Waals surface area contributed by atoms with Crippen molar-refractivity contribution in [2.75, 3.05) is 0 Å². The molecule has 6 nitrogen and oxygen atoms in total. The molecule has 0 fully saturated rings. The highest BCUT2D eigenvalue weighted by Gasteiger charge is 2.16. The molecular weight excluding hydrogens is 392 g/mol. The van der Waals surface area contributed by atoms with Crippen LogP contribution in [0.2, 0.25) is 5.02 Å². The molecule has 3 aromatic rings. The molecule has 0 heterocycles. The number of halogens is 1. The maximum Gasteiger partial charge on any atom is 0.343 e. The number of hydrazone groups is 1. The van der Waals surface area contributed by atoms with E-state index in [4.69, 9.17) is 16.3 Å². The average molecular weight is 409 g/mol. The normalized spacial score (nSPS) is 11.8. The maximum atomic E-state index is 12.2. The van der Waals surface area contributed by atoms with Crippen LogP contribution in [0.5, 0.6) is 5.75 Å². The Bertz CT molecular complexity index is 1020. The van der Waals surface area contributed by atoms with Crippen molar-refractivity contribution < 1.29 is 19.4 Å². The quantitative estimate of drug-likeness (QED) is 0.281. The molecule has 3 aromatic carbocycles. The Morgan fingerprint density at radius 1 is 1.00 bits per heavy atom. The molecule has 1 amide bonds. The Morgan fingerprint density at radius 2 is 1.72 bits per heavy atom.